The van der Waals surface area contributed by atoms with Gasteiger partial charge in [-0.15, -0.1) is 0 Å². The predicted octanol–water partition coefficient (Wildman–Crippen LogP) is 2.77. The summed E-state index contributed by atoms with van der Waals surface area (Å²) >= 11 is 0. The molecule has 2 aliphatic rings. The van der Waals surface area contributed by atoms with Gasteiger partial charge in [0.2, 0.25) is 0 Å². The van der Waals surface area contributed by atoms with Crippen molar-refractivity contribution in [2.24, 2.45) is 17.8 Å². The molecule has 102 valence electrons. The molecule has 0 saturated heterocycles. The lowest BCUT2D eigenvalue weighted by Crippen LogP contribution is -2.21. The molecule has 3 atom stereocenters. The molecular formula is C14H17FN2O2. The van der Waals surface area contributed by atoms with Gasteiger partial charge in [0, 0.05) is 6.54 Å². The van der Waals surface area contributed by atoms with E-state index < -0.39 is 11.8 Å². The number of nitrogens with zero attached hydrogens (tertiary/aromatic N) is 1. The van der Waals surface area contributed by atoms with Crippen LogP contribution in [0.25, 0.3) is 0 Å². The molecule has 0 amide bonds. The second-order valence-electron chi connectivity index (χ2n) is 5.67. The molecule has 0 aliphatic heterocycles. The Bertz CT molecular complexity index is 506. The van der Waals surface area contributed by atoms with Crippen molar-refractivity contribution < 1.29 is 14.3 Å². The largest absolute Gasteiger partial charge is 0.478 e. The van der Waals surface area contributed by atoms with Crippen molar-refractivity contribution in [3.8, 4) is 0 Å². The summed E-state index contributed by atoms with van der Waals surface area (Å²) in [7, 11) is 0. The Labute approximate surface area is 111 Å². The Balaban J connectivity index is 1.68. The molecule has 1 aromatic heterocycles. The van der Waals surface area contributed by atoms with Gasteiger partial charge in [0.25, 0.3) is 0 Å². The summed E-state index contributed by atoms with van der Waals surface area (Å²) in [6.07, 6.45) is 6.22. The molecule has 2 N–H and O–H groups in total. The number of pyridine rings is 1. The summed E-state index contributed by atoms with van der Waals surface area (Å²) in [6.45, 7) is 0.736. The molecular weight excluding hydrogens is 247 g/mol. The molecule has 2 saturated carbocycles. The molecule has 4 nitrogen and oxygen atoms in total. The number of carbonyl (C=O) groups is 1. The van der Waals surface area contributed by atoms with Crippen LogP contribution in [0.5, 0.6) is 0 Å². The number of aromatic carboxylic acids is 1. The molecule has 19 heavy (non-hydrogen) atoms. The van der Waals surface area contributed by atoms with Crippen LogP contribution in [0.4, 0.5) is 10.2 Å². The normalized spacial score (nSPS) is 28.6. The molecule has 3 rings (SSSR count). The number of carboxylic acid groups (broad SMARTS) is 1. The van der Waals surface area contributed by atoms with Crippen LogP contribution >= 0.6 is 0 Å². The van der Waals surface area contributed by atoms with Gasteiger partial charge in [-0.2, -0.15) is 0 Å². The number of halogens is 1. The van der Waals surface area contributed by atoms with Crippen LogP contribution in [-0.2, 0) is 0 Å². The first-order valence-corrected chi connectivity index (χ1v) is 6.76. The highest BCUT2D eigenvalue weighted by atomic mass is 19.1. The highest BCUT2D eigenvalue weighted by Crippen LogP contribution is 2.48. The summed E-state index contributed by atoms with van der Waals surface area (Å²) in [5.41, 5.74) is -0.0943. The van der Waals surface area contributed by atoms with Gasteiger partial charge < -0.3 is 10.4 Å². The Hall–Kier alpha value is -1.65. The second-order valence-corrected chi connectivity index (χ2v) is 5.67. The molecule has 2 fully saturated rings. The third-order valence-electron chi connectivity index (χ3n) is 4.50. The maximum Gasteiger partial charge on any atom is 0.339 e. The van der Waals surface area contributed by atoms with Gasteiger partial charge >= 0.3 is 5.97 Å². The Morgan fingerprint density at radius 2 is 2.32 bits per heavy atom. The number of anilines is 1. The lowest BCUT2D eigenvalue weighted by atomic mass is 9.89. The molecule has 5 heteroatoms. The minimum absolute atomic E-state index is 0.0943. The molecule has 2 aliphatic carbocycles. The van der Waals surface area contributed by atoms with Gasteiger partial charge in [0.05, 0.1) is 6.20 Å². The number of hydrogen-bond donors (Lipinski definition) is 2. The lowest BCUT2D eigenvalue weighted by Gasteiger charge is -2.22. The fraction of sp³-hybridized carbons (Fsp3) is 0.571. The van der Waals surface area contributed by atoms with Crippen molar-refractivity contribution in [1.29, 1.82) is 0 Å². The SMILES string of the molecule is O=C(O)c1cc(F)cnc1NCC1CC2CCC1C2. The molecule has 1 heterocycles. The minimum atomic E-state index is -1.15. The lowest BCUT2D eigenvalue weighted by molar-refractivity contribution is 0.0697. The third kappa shape index (κ3) is 2.41. The van der Waals surface area contributed by atoms with E-state index >= 15 is 0 Å². The molecule has 0 aromatic carbocycles. The average molecular weight is 264 g/mol. The van der Waals surface area contributed by atoms with Crippen LogP contribution < -0.4 is 5.32 Å². The number of hydrogen-bond acceptors (Lipinski definition) is 3. The van der Waals surface area contributed by atoms with Gasteiger partial charge in [0.15, 0.2) is 0 Å². The maximum atomic E-state index is 13.0. The second kappa shape index (κ2) is 4.79. The topological polar surface area (TPSA) is 62.2 Å². The van der Waals surface area contributed by atoms with E-state index in [0.29, 0.717) is 5.92 Å². The molecule has 3 unspecified atom stereocenters. The summed E-state index contributed by atoms with van der Waals surface area (Å²) in [5.74, 6) is 0.734. The Kier molecular flexibility index (Phi) is 3.12. The number of fused-ring (bicyclic) bond motifs is 2. The van der Waals surface area contributed by atoms with E-state index in [-0.39, 0.29) is 11.4 Å². The number of carboxylic acids is 1. The highest BCUT2D eigenvalue weighted by Gasteiger charge is 2.39. The fourth-order valence-corrected chi connectivity index (χ4v) is 3.60. The van der Waals surface area contributed by atoms with Crippen molar-refractivity contribution >= 4 is 11.8 Å². The van der Waals surface area contributed by atoms with E-state index in [4.69, 9.17) is 5.11 Å². The Morgan fingerprint density at radius 3 is 2.95 bits per heavy atom. The van der Waals surface area contributed by atoms with Crippen LogP contribution in [0.2, 0.25) is 0 Å². The predicted molar refractivity (Wildman–Crippen MR) is 68.6 cm³/mol. The van der Waals surface area contributed by atoms with E-state index in [1.165, 1.54) is 25.7 Å². The molecule has 0 radical (unpaired) electrons. The van der Waals surface area contributed by atoms with E-state index in [2.05, 4.69) is 10.3 Å². The van der Waals surface area contributed by atoms with E-state index in [0.717, 1.165) is 30.6 Å². The van der Waals surface area contributed by atoms with Crippen molar-refractivity contribution in [3.63, 3.8) is 0 Å². The Morgan fingerprint density at radius 1 is 1.47 bits per heavy atom. The first-order chi connectivity index (χ1) is 9.13. The number of aromatic nitrogens is 1. The minimum Gasteiger partial charge on any atom is -0.478 e. The molecule has 1 aromatic rings. The summed E-state index contributed by atoms with van der Waals surface area (Å²) in [6, 6.07) is 1.01. The van der Waals surface area contributed by atoms with Crippen molar-refractivity contribution in [2.75, 3.05) is 11.9 Å². The van der Waals surface area contributed by atoms with E-state index in [9.17, 15) is 9.18 Å². The molecule has 2 bridgehead atoms. The van der Waals surface area contributed by atoms with Gasteiger partial charge in [-0.05, 0) is 43.1 Å². The van der Waals surface area contributed by atoms with E-state index in [1.807, 2.05) is 0 Å². The van der Waals surface area contributed by atoms with Crippen molar-refractivity contribution in [3.05, 3.63) is 23.6 Å². The standard InChI is InChI=1S/C14H17FN2O2/c15-11-5-12(14(18)19)13(17-7-11)16-6-10-4-8-1-2-9(10)3-8/h5,7-10H,1-4,6H2,(H,16,17)(H,18,19). The first kappa shape index (κ1) is 12.4. The maximum absolute atomic E-state index is 13.0. The highest BCUT2D eigenvalue weighted by molar-refractivity contribution is 5.93. The van der Waals surface area contributed by atoms with Gasteiger partial charge in [-0.1, -0.05) is 6.42 Å². The van der Waals surface area contributed by atoms with Crippen LogP contribution in [0.1, 0.15) is 36.0 Å². The van der Waals surface area contributed by atoms with Crippen LogP contribution in [0, 0.1) is 23.6 Å². The summed E-state index contributed by atoms with van der Waals surface area (Å²) < 4.78 is 13.0. The molecule has 0 spiro atoms. The quantitative estimate of drug-likeness (QED) is 0.877. The van der Waals surface area contributed by atoms with Gasteiger partial charge in [-0.25, -0.2) is 14.2 Å². The number of nitrogens with one attached hydrogen (secondary N) is 1. The first-order valence-electron chi connectivity index (χ1n) is 6.76. The summed E-state index contributed by atoms with van der Waals surface area (Å²) in [4.78, 5) is 14.9. The van der Waals surface area contributed by atoms with Crippen LogP contribution in [0.15, 0.2) is 12.3 Å². The van der Waals surface area contributed by atoms with Crippen molar-refractivity contribution in [2.45, 2.75) is 25.7 Å². The smallest absolute Gasteiger partial charge is 0.339 e. The van der Waals surface area contributed by atoms with Gasteiger partial charge in [0.1, 0.15) is 17.2 Å². The zero-order valence-electron chi connectivity index (χ0n) is 10.6. The fourth-order valence-electron chi connectivity index (χ4n) is 3.60. The number of rotatable bonds is 4. The van der Waals surface area contributed by atoms with Crippen molar-refractivity contribution in [1.82, 2.24) is 4.98 Å². The zero-order chi connectivity index (χ0) is 13.4. The van der Waals surface area contributed by atoms with Gasteiger partial charge in [-0.3, -0.25) is 0 Å². The van der Waals surface area contributed by atoms with Crippen LogP contribution in [0.3, 0.4) is 0 Å². The average Bonchev–Trinajstić information content (AvgIpc) is 2.99. The zero-order valence-corrected chi connectivity index (χ0v) is 10.6. The third-order valence-corrected chi connectivity index (χ3v) is 4.50. The van der Waals surface area contributed by atoms with E-state index in [1.54, 1.807) is 0 Å². The monoisotopic (exact) mass is 264 g/mol. The van der Waals surface area contributed by atoms with Crippen LogP contribution in [-0.4, -0.2) is 22.6 Å². The summed E-state index contributed by atoms with van der Waals surface area (Å²) in [5, 5.41) is 12.1.